The standard InChI is InChI=1S/C19H19NO4/c1-13-17(8-7-15(21)11-16(22)12-19(23)24)18(9-10-20-13)14-5-3-2-4-6-14/h2-10,15,21H,11-12H2,1H3,(H,23,24)/b8-7+. The molecule has 0 saturated heterocycles. The van der Waals surface area contributed by atoms with Gasteiger partial charge >= 0.3 is 5.97 Å². The number of nitrogens with zero attached hydrogens (tertiary/aromatic N) is 1. The number of carbonyl (C=O) groups excluding carboxylic acids is 1. The van der Waals surface area contributed by atoms with E-state index in [-0.39, 0.29) is 6.42 Å². The van der Waals surface area contributed by atoms with E-state index < -0.39 is 24.3 Å². The Kier molecular flexibility index (Phi) is 5.98. The fourth-order valence-corrected chi connectivity index (χ4v) is 2.41. The van der Waals surface area contributed by atoms with Gasteiger partial charge in [0, 0.05) is 23.9 Å². The highest BCUT2D eigenvalue weighted by atomic mass is 16.4. The smallest absolute Gasteiger partial charge is 0.310 e. The first kappa shape index (κ1) is 17.6. The van der Waals surface area contributed by atoms with Crippen LogP contribution < -0.4 is 0 Å². The quantitative estimate of drug-likeness (QED) is 0.764. The number of aliphatic hydroxyl groups excluding tert-OH is 1. The van der Waals surface area contributed by atoms with E-state index in [1.807, 2.05) is 43.3 Å². The lowest BCUT2D eigenvalue weighted by Gasteiger charge is -2.10. The van der Waals surface area contributed by atoms with Crippen LogP contribution in [-0.2, 0) is 9.59 Å². The average molecular weight is 325 g/mol. The number of carboxylic acid groups (broad SMARTS) is 1. The number of rotatable bonds is 7. The zero-order chi connectivity index (χ0) is 17.5. The number of Topliss-reactive ketones (excluding diaryl/α,β-unsaturated/α-hetero) is 1. The van der Waals surface area contributed by atoms with E-state index in [2.05, 4.69) is 4.98 Å². The molecule has 0 bridgehead atoms. The molecule has 0 saturated carbocycles. The first-order valence-corrected chi connectivity index (χ1v) is 7.58. The number of hydrogen-bond donors (Lipinski definition) is 2. The third kappa shape index (κ3) is 4.86. The number of carboxylic acids is 1. The van der Waals surface area contributed by atoms with Crippen molar-refractivity contribution in [3.05, 3.63) is 59.9 Å². The van der Waals surface area contributed by atoms with Crippen molar-refractivity contribution >= 4 is 17.8 Å². The number of aromatic nitrogens is 1. The number of pyridine rings is 1. The Balaban J connectivity index is 2.20. The summed E-state index contributed by atoms with van der Waals surface area (Å²) < 4.78 is 0. The predicted octanol–water partition coefficient (Wildman–Crippen LogP) is 2.87. The van der Waals surface area contributed by atoms with Crippen molar-refractivity contribution in [3.8, 4) is 11.1 Å². The second-order valence-corrected chi connectivity index (χ2v) is 5.46. The predicted molar refractivity (Wildman–Crippen MR) is 91.3 cm³/mol. The van der Waals surface area contributed by atoms with Gasteiger partial charge in [0.2, 0.25) is 0 Å². The molecule has 2 aromatic rings. The molecule has 0 aliphatic rings. The number of carbonyl (C=O) groups is 2. The summed E-state index contributed by atoms with van der Waals surface area (Å²) in [7, 11) is 0. The van der Waals surface area contributed by atoms with Gasteiger partial charge in [-0.15, -0.1) is 0 Å². The highest BCUT2D eigenvalue weighted by Gasteiger charge is 2.12. The Morgan fingerprint density at radius 3 is 2.58 bits per heavy atom. The van der Waals surface area contributed by atoms with Crippen LogP contribution in [0.2, 0.25) is 0 Å². The molecule has 1 aromatic carbocycles. The van der Waals surface area contributed by atoms with Gasteiger partial charge in [0.15, 0.2) is 0 Å². The van der Waals surface area contributed by atoms with Crippen LogP contribution in [0.1, 0.15) is 24.1 Å². The lowest BCUT2D eigenvalue weighted by molar-refractivity contribution is -0.140. The van der Waals surface area contributed by atoms with Gasteiger partial charge in [-0.2, -0.15) is 0 Å². The van der Waals surface area contributed by atoms with Gasteiger partial charge in [0.05, 0.1) is 6.10 Å². The maximum Gasteiger partial charge on any atom is 0.310 e. The summed E-state index contributed by atoms with van der Waals surface area (Å²) in [6.07, 6.45) is 3.12. The van der Waals surface area contributed by atoms with Crippen molar-refractivity contribution in [2.24, 2.45) is 0 Å². The van der Waals surface area contributed by atoms with Crippen LogP contribution in [-0.4, -0.2) is 33.1 Å². The highest BCUT2D eigenvalue weighted by Crippen LogP contribution is 2.26. The Morgan fingerprint density at radius 1 is 1.21 bits per heavy atom. The molecule has 2 N–H and O–H groups in total. The Hall–Kier alpha value is -2.79. The molecule has 1 atom stereocenters. The van der Waals surface area contributed by atoms with Crippen LogP contribution >= 0.6 is 0 Å². The zero-order valence-corrected chi connectivity index (χ0v) is 13.3. The third-order valence-electron chi connectivity index (χ3n) is 3.54. The Labute approximate surface area is 140 Å². The number of hydrogen-bond acceptors (Lipinski definition) is 4. The molecule has 0 aliphatic carbocycles. The SMILES string of the molecule is Cc1nccc(-c2ccccc2)c1/C=C/C(O)CC(=O)CC(=O)O. The molecule has 0 amide bonds. The van der Waals surface area contributed by atoms with Crippen LogP contribution in [0.5, 0.6) is 0 Å². The van der Waals surface area contributed by atoms with E-state index >= 15 is 0 Å². The first-order valence-electron chi connectivity index (χ1n) is 7.58. The van der Waals surface area contributed by atoms with Crippen LogP contribution in [0, 0.1) is 6.92 Å². The summed E-state index contributed by atoms with van der Waals surface area (Å²) in [6.45, 7) is 1.87. The number of ketones is 1. The number of aryl methyl sites for hydroxylation is 1. The molecule has 24 heavy (non-hydrogen) atoms. The molecular formula is C19H19NO4. The number of aliphatic carboxylic acids is 1. The van der Waals surface area contributed by atoms with E-state index in [1.54, 1.807) is 12.3 Å². The van der Waals surface area contributed by atoms with Gasteiger partial charge in [-0.05, 0) is 24.1 Å². The van der Waals surface area contributed by atoms with Gasteiger partial charge in [-0.1, -0.05) is 42.5 Å². The average Bonchev–Trinajstić information content (AvgIpc) is 2.53. The van der Waals surface area contributed by atoms with Crippen molar-refractivity contribution in [1.82, 2.24) is 4.98 Å². The van der Waals surface area contributed by atoms with Gasteiger partial charge in [0.1, 0.15) is 12.2 Å². The second kappa shape index (κ2) is 8.17. The molecule has 1 heterocycles. The van der Waals surface area contributed by atoms with Crippen molar-refractivity contribution in [2.45, 2.75) is 25.9 Å². The van der Waals surface area contributed by atoms with Crippen LogP contribution in [0.15, 0.2) is 48.7 Å². The summed E-state index contributed by atoms with van der Waals surface area (Å²) >= 11 is 0. The fourth-order valence-electron chi connectivity index (χ4n) is 2.41. The maximum absolute atomic E-state index is 11.4. The third-order valence-corrected chi connectivity index (χ3v) is 3.54. The fraction of sp³-hybridized carbons (Fsp3) is 0.211. The van der Waals surface area contributed by atoms with E-state index in [0.29, 0.717) is 0 Å². The molecule has 5 nitrogen and oxygen atoms in total. The summed E-state index contributed by atoms with van der Waals surface area (Å²) in [5, 5.41) is 18.5. The molecule has 0 radical (unpaired) electrons. The topological polar surface area (TPSA) is 87.5 Å². The minimum absolute atomic E-state index is 0.219. The molecule has 1 aromatic heterocycles. The van der Waals surface area contributed by atoms with E-state index in [0.717, 1.165) is 22.4 Å². The minimum Gasteiger partial charge on any atom is -0.481 e. The summed E-state index contributed by atoms with van der Waals surface area (Å²) in [5.41, 5.74) is 3.66. The van der Waals surface area contributed by atoms with Crippen LogP contribution in [0.25, 0.3) is 17.2 Å². The highest BCUT2D eigenvalue weighted by molar-refractivity contribution is 5.95. The van der Waals surface area contributed by atoms with Crippen molar-refractivity contribution in [2.75, 3.05) is 0 Å². The summed E-state index contributed by atoms with van der Waals surface area (Å²) in [6, 6.07) is 11.7. The van der Waals surface area contributed by atoms with E-state index in [9.17, 15) is 14.7 Å². The molecule has 2 rings (SSSR count). The molecule has 5 heteroatoms. The largest absolute Gasteiger partial charge is 0.481 e. The van der Waals surface area contributed by atoms with E-state index in [1.165, 1.54) is 6.08 Å². The number of benzene rings is 1. The number of aliphatic hydroxyl groups is 1. The molecular weight excluding hydrogens is 306 g/mol. The van der Waals surface area contributed by atoms with Crippen molar-refractivity contribution in [1.29, 1.82) is 0 Å². The van der Waals surface area contributed by atoms with Crippen LogP contribution in [0.4, 0.5) is 0 Å². The molecule has 0 aliphatic heterocycles. The van der Waals surface area contributed by atoms with Gasteiger partial charge in [-0.25, -0.2) is 0 Å². The van der Waals surface area contributed by atoms with Gasteiger partial charge < -0.3 is 10.2 Å². The molecule has 124 valence electrons. The lowest BCUT2D eigenvalue weighted by Crippen LogP contribution is -2.14. The molecule has 0 fully saturated rings. The molecule has 1 unspecified atom stereocenters. The van der Waals surface area contributed by atoms with Gasteiger partial charge in [-0.3, -0.25) is 14.6 Å². The maximum atomic E-state index is 11.4. The monoisotopic (exact) mass is 325 g/mol. The van der Waals surface area contributed by atoms with Crippen molar-refractivity contribution < 1.29 is 19.8 Å². The van der Waals surface area contributed by atoms with Crippen molar-refractivity contribution in [3.63, 3.8) is 0 Å². The first-order chi connectivity index (χ1) is 11.5. The van der Waals surface area contributed by atoms with E-state index in [4.69, 9.17) is 5.11 Å². The summed E-state index contributed by atoms with van der Waals surface area (Å²) in [5.74, 6) is -1.70. The normalized spacial score (nSPS) is 12.2. The Morgan fingerprint density at radius 2 is 1.92 bits per heavy atom. The van der Waals surface area contributed by atoms with Gasteiger partial charge in [0.25, 0.3) is 0 Å². The minimum atomic E-state index is -1.19. The second-order valence-electron chi connectivity index (χ2n) is 5.46. The Bertz CT molecular complexity index is 753. The lowest BCUT2D eigenvalue weighted by atomic mass is 9.98. The molecule has 0 spiro atoms. The zero-order valence-electron chi connectivity index (χ0n) is 13.3. The van der Waals surface area contributed by atoms with Crippen LogP contribution in [0.3, 0.4) is 0 Å². The summed E-state index contributed by atoms with van der Waals surface area (Å²) in [4.78, 5) is 26.2.